The van der Waals surface area contributed by atoms with Crippen LogP contribution in [0.15, 0.2) is 53.3 Å². The van der Waals surface area contributed by atoms with Gasteiger partial charge in [-0.25, -0.2) is 9.59 Å². The molecular formula is C21H23N5O3. The number of carbonyl (C=O) groups excluding carboxylic acids is 2. The number of nitrogens with zero attached hydrogens (tertiary/aromatic N) is 3. The number of nitrogens with one attached hydrogen (secondary N) is 2. The number of para-hydroxylation sites is 2. The zero-order valence-corrected chi connectivity index (χ0v) is 16.2. The number of urea groups is 1. The smallest absolute Gasteiger partial charge is 0.329 e. The van der Waals surface area contributed by atoms with E-state index in [1.165, 1.54) is 0 Å². The van der Waals surface area contributed by atoms with E-state index in [0.717, 1.165) is 16.7 Å². The molecule has 1 aliphatic heterocycles. The summed E-state index contributed by atoms with van der Waals surface area (Å²) in [4.78, 5) is 38.6. The molecule has 8 heteroatoms. The number of fused-ring (bicyclic) bond motifs is 1. The van der Waals surface area contributed by atoms with Gasteiger partial charge in [-0.3, -0.25) is 18.8 Å². The first-order valence-electron chi connectivity index (χ1n) is 9.72. The molecule has 0 spiro atoms. The standard InChI is InChI=1S/C21H23N5O3/c1-2-24-17-8-3-4-9-18(17)26(21(24)29)12-10-19(27)23-15-6-5-7-16(14-15)25-13-11-22-20(25)28/h3-9,14H,2,10-13H2,1H3,(H,22,28)(H,23,27). The summed E-state index contributed by atoms with van der Waals surface area (Å²) in [5, 5.41) is 5.62. The number of imidazole rings is 1. The average molecular weight is 393 g/mol. The number of benzene rings is 2. The van der Waals surface area contributed by atoms with Gasteiger partial charge >= 0.3 is 11.7 Å². The van der Waals surface area contributed by atoms with Crippen molar-refractivity contribution in [2.75, 3.05) is 23.3 Å². The third-order valence-corrected chi connectivity index (χ3v) is 5.10. The minimum Gasteiger partial charge on any atom is -0.336 e. The lowest BCUT2D eigenvalue weighted by atomic mass is 10.2. The van der Waals surface area contributed by atoms with Crippen molar-refractivity contribution in [3.63, 3.8) is 0 Å². The van der Waals surface area contributed by atoms with E-state index in [0.29, 0.717) is 31.9 Å². The van der Waals surface area contributed by atoms with Gasteiger partial charge in [0.05, 0.1) is 11.0 Å². The molecule has 1 fully saturated rings. The summed E-state index contributed by atoms with van der Waals surface area (Å²) in [5.74, 6) is -0.187. The second-order valence-corrected chi connectivity index (χ2v) is 6.90. The van der Waals surface area contributed by atoms with Crippen LogP contribution in [0.3, 0.4) is 0 Å². The molecule has 150 valence electrons. The molecular weight excluding hydrogens is 370 g/mol. The maximum atomic E-state index is 12.7. The van der Waals surface area contributed by atoms with E-state index >= 15 is 0 Å². The predicted octanol–water partition coefficient (Wildman–Crippen LogP) is 2.38. The average Bonchev–Trinajstić information content (AvgIpc) is 3.27. The van der Waals surface area contributed by atoms with Gasteiger partial charge in [-0.05, 0) is 37.3 Å². The Bertz CT molecular complexity index is 1130. The maximum Gasteiger partial charge on any atom is 0.329 e. The molecule has 3 aromatic rings. The van der Waals surface area contributed by atoms with Gasteiger partial charge in [-0.2, -0.15) is 0 Å². The molecule has 0 aliphatic carbocycles. The Morgan fingerprint density at radius 1 is 1.07 bits per heavy atom. The molecule has 0 saturated carbocycles. The zero-order chi connectivity index (χ0) is 20.4. The predicted molar refractivity (Wildman–Crippen MR) is 112 cm³/mol. The number of rotatable bonds is 6. The Labute approximate surface area is 167 Å². The van der Waals surface area contributed by atoms with E-state index in [2.05, 4.69) is 10.6 Å². The van der Waals surface area contributed by atoms with Crippen LogP contribution in [0.5, 0.6) is 0 Å². The largest absolute Gasteiger partial charge is 0.336 e. The van der Waals surface area contributed by atoms with Gasteiger partial charge in [-0.1, -0.05) is 18.2 Å². The molecule has 1 aromatic heterocycles. The van der Waals surface area contributed by atoms with E-state index in [-0.39, 0.29) is 24.0 Å². The van der Waals surface area contributed by atoms with Crippen molar-refractivity contribution in [2.24, 2.45) is 0 Å². The van der Waals surface area contributed by atoms with Crippen LogP contribution >= 0.6 is 0 Å². The fourth-order valence-electron chi connectivity index (χ4n) is 3.70. The van der Waals surface area contributed by atoms with Gasteiger partial charge in [0, 0.05) is 44.0 Å². The fraction of sp³-hybridized carbons (Fsp3) is 0.286. The highest BCUT2D eigenvalue weighted by Crippen LogP contribution is 2.21. The molecule has 0 atom stereocenters. The zero-order valence-electron chi connectivity index (χ0n) is 16.2. The van der Waals surface area contributed by atoms with Crippen LogP contribution in [0.1, 0.15) is 13.3 Å². The monoisotopic (exact) mass is 393 g/mol. The molecule has 1 saturated heterocycles. The number of aromatic nitrogens is 2. The van der Waals surface area contributed by atoms with Crippen molar-refractivity contribution in [1.29, 1.82) is 0 Å². The number of aryl methyl sites for hydroxylation is 2. The quantitative estimate of drug-likeness (QED) is 0.674. The number of amides is 3. The number of hydrogen-bond acceptors (Lipinski definition) is 3. The van der Waals surface area contributed by atoms with E-state index < -0.39 is 0 Å². The molecule has 1 aliphatic rings. The minimum atomic E-state index is -0.187. The van der Waals surface area contributed by atoms with Gasteiger partial charge < -0.3 is 10.6 Å². The fourth-order valence-corrected chi connectivity index (χ4v) is 3.70. The van der Waals surface area contributed by atoms with Crippen molar-refractivity contribution in [2.45, 2.75) is 26.4 Å². The van der Waals surface area contributed by atoms with Crippen molar-refractivity contribution in [3.05, 3.63) is 59.0 Å². The van der Waals surface area contributed by atoms with E-state index in [4.69, 9.17) is 0 Å². The number of hydrogen-bond donors (Lipinski definition) is 2. The number of anilines is 2. The Morgan fingerprint density at radius 3 is 2.52 bits per heavy atom. The lowest BCUT2D eigenvalue weighted by Crippen LogP contribution is -2.27. The molecule has 2 N–H and O–H groups in total. The minimum absolute atomic E-state index is 0.108. The van der Waals surface area contributed by atoms with Crippen LogP contribution in [-0.4, -0.2) is 34.2 Å². The second-order valence-electron chi connectivity index (χ2n) is 6.90. The Morgan fingerprint density at radius 2 is 1.83 bits per heavy atom. The molecule has 0 unspecified atom stereocenters. The SMILES string of the molecule is CCn1c(=O)n(CCC(=O)Nc2cccc(N3CCNC3=O)c2)c2ccccc21. The van der Waals surface area contributed by atoms with E-state index in [1.807, 2.05) is 37.3 Å². The van der Waals surface area contributed by atoms with Crippen LogP contribution in [0, 0.1) is 0 Å². The molecule has 0 bridgehead atoms. The summed E-state index contributed by atoms with van der Waals surface area (Å²) in [6.07, 6.45) is 0.173. The highest BCUT2D eigenvalue weighted by atomic mass is 16.2. The number of carbonyl (C=O) groups is 2. The van der Waals surface area contributed by atoms with Gasteiger partial charge in [0.15, 0.2) is 0 Å². The summed E-state index contributed by atoms with van der Waals surface area (Å²) < 4.78 is 3.35. The summed E-state index contributed by atoms with van der Waals surface area (Å²) in [5.41, 5.74) is 2.95. The van der Waals surface area contributed by atoms with Crippen molar-refractivity contribution < 1.29 is 9.59 Å². The highest BCUT2D eigenvalue weighted by Gasteiger charge is 2.21. The highest BCUT2D eigenvalue weighted by molar-refractivity contribution is 5.96. The van der Waals surface area contributed by atoms with E-state index in [1.54, 1.807) is 32.2 Å². The van der Waals surface area contributed by atoms with Crippen LogP contribution in [0.2, 0.25) is 0 Å². The molecule has 2 heterocycles. The summed E-state index contributed by atoms with van der Waals surface area (Å²) in [7, 11) is 0. The third kappa shape index (κ3) is 3.61. The van der Waals surface area contributed by atoms with Crippen LogP contribution in [0.25, 0.3) is 11.0 Å². The molecule has 29 heavy (non-hydrogen) atoms. The summed E-state index contributed by atoms with van der Waals surface area (Å²) in [6.45, 7) is 4.01. The van der Waals surface area contributed by atoms with Crippen molar-refractivity contribution >= 4 is 34.3 Å². The summed E-state index contributed by atoms with van der Waals surface area (Å²) >= 11 is 0. The molecule has 4 rings (SSSR count). The first-order valence-corrected chi connectivity index (χ1v) is 9.72. The Hall–Kier alpha value is -3.55. The lowest BCUT2D eigenvalue weighted by Gasteiger charge is -2.15. The van der Waals surface area contributed by atoms with Crippen LogP contribution < -0.4 is 21.2 Å². The second kappa shape index (κ2) is 7.83. The van der Waals surface area contributed by atoms with Gasteiger partial charge in [0.25, 0.3) is 0 Å². The van der Waals surface area contributed by atoms with Gasteiger partial charge in [0.2, 0.25) is 5.91 Å². The van der Waals surface area contributed by atoms with Crippen molar-refractivity contribution in [1.82, 2.24) is 14.5 Å². The van der Waals surface area contributed by atoms with E-state index in [9.17, 15) is 14.4 Å². The van der Waals surface area contributed by atoms with Crippen molar-refractivity contribution in [3.8, 4) is 0 Å². The molecule has 8 nitrogen and oxygen atoms in total. The first kappa shape index (κ1) is 18.8. The van der Waals surface area contributed by atoms with Gasteiger partial charge in [0.1, 0.15) is 0 Å². The first-order chi connectivity index (χ1) is 14.1. The molecule has 2 aromatic carbocycles. The molecule has 3 amide bonds. The van der Waals surface area contributed by atoms with Crippen LogP contribution in [-0.2, 0) is 17.9 Å². The Balaban J connectivity index is 1.46. The van der Waals surface area contributed by atoms with Crippen LogP contribution in [0.4, 0.5) is 16.2 Å². The summed E-state index contributed by atoms with van der Waals surface area (Å²) in [6, 6.07) is 14.7. The maximum absolute atomic E-state index is 12.7. The topological polar surface area (TPSA) is 88.4 Å². The Kier molecular flexibility index (Phi) is 5.07. The normalized spacial score (nSPS) is 13.7. The van der Waals surface area contributed by atoms with Gasteiger partial charge in [-0.15, -0.1) is 0 Å². The lowest BCUT2D eigenvalue weighted by molar-refractivity contribution is -0.116. The molecule has 0 radical (unpaired) electrons. The third-order valence-electron chi connectivity index (χ3n) is 5.10.